The van der Waals surface area contributed by atoms with Gasteiger partial charge in [0.25, 0.3) is 0 Å². The quantitative estimate of drug-likeness (QED) is 0.782. The van der Waals surface area contributed by atoms with Gasteiger partial charge in [-0.15, -0.1) is 0 Å². The van der Waals surface area contributed by atoms with Crippen molar-refractivity contribution < 1.29 is 9.53 Å². The predicted molar refractivity (Wildman–Crippen MR) is 71.5 cm³/mol. The number of nitrogen functional groups attached to an aromatic ring is 1. The molecule has 5 nitrogen and oxygen atoms in total. The first-order valence-electron chi connectivity index (χ1n) is 6.15. The first-order valence-corrected chi connectivity index (χ1v) is 6.15. The molecule has 0 unspecified atom stereocenters. The summed E-state index contributed by atoms with van der Waals surface area (Å²) in [6.45, 7) is 1.18. The van der Waals surface area contributed by atoms with Crippen LogP contribution in [0.25, 0.3) is 0 Å². The lowest BCUT2D eigenvalue weighted by atomic mass is 10.3. The number of rotatable bonds is 5. The van der Waals surface area contributed by atoms with Gasteiger partial charge in [0.05, 0.1) is 0 Å². The summed E-state index contributed by atoms with van der Waals surface area (Å²) in [5, 5.41) is 2.64. The molecular formula is C13H19N3O2. The fourth-order valence-electron chi connectivity index (χ4n) is 1.75. The zero-order valence-electron chi connectivity index (χ0n) is 10.6. The molecule has 18 heavy (non-hydrogen) atoms. The molecule has 0 saturated heterocycles. The molecule has 1 aromatic rings. The minimum absolute atomic E-state index is 0.404. The van der Waals surface area contributed by atoms with E-state index in [1.807, 2.05) is 0 Å². The minimum atomic E-state index is -0.440. The fraction of sp³-hybridized carbons (Fsp3) is 0.462. The van der Waals surface area contributed by atoms with E-state index in [0.29, 0.717) is 24.0 Å². The molecule has 1 aromatic carbocycles. The number of carbonyl (C=O) groups is 1. The molecule has 0 bridgehead atoms. The zero-order chi connectivity index (χ0) is 13.0. The van der Waals surface area contributed by atoms with Crippen LogP contribution in [-0.2, 0) is 4.74 Å². The summed E-state index contributed by atoms with van der Waals surface area (Å²) in [7, 11) is 2.05. The van der Waals surface area contributed by atoms with Crippen LogP contribution in [0.1, 0.15) is 12.8 Å². The second kappa shape index (κ2) is 5.73. The number of ether oxygens (including phenoxy) is 1. The second-order valence-electron chi connectivity index (χ2n) is 4.60. The van der Waals surface area contributed by atoms with Crippen molar-refractivity contribution in [2.75, 3.05) is 31.2 Å². The number of benzene rings is 1. The molecule has 3 N–H and O–H groups in total. The van der Waals surface area contributed by atoms with Crippen molar-refractivity contribution in [2.24, 2.45) is 0 Å². The monoisotopic (exact) mass is 249 g/mol. The smallest absolute Gasteiger partial charge is 0.411 e. The Morgan fingerprint density at radius 3 is 3.00 bits per heavy atom. The van der Waals surface area contributed by atoms with Gasteiger partial charge in [-0.05, 0) is 38.1 Å². The molecule has 0 radical (unpaired) electrons. The van der Waals surface area contributed by atoms with Crippen LogP contribution in [0, 0.1) is 0 Å². The van der Waals surface area contributed by atoms with E-state index in [1.54, 1.807) is 24.3 Å². The number of amides is 1. The first-order chi connectivity index (χ1) is 8.65. The topological polar surface area (TPSA) is 67.6 Å². The van der Waals surface area contributed by atoms with Gasteiger partial charge < -0.3 is 15.4 Å². The average molecular weight is 249 g/mol. The predicted octanol–water partition coefficient (Wildman–Crippen LogP) is 1.91. The van der Waals surface area contributed by atoms with Gasteiger partial charge in [0, 0.05) is 24.0 Å². The molecule has 1 saturated carbocycles. The van der Waals surface area contributed by atoms with E-state index >= 15 is 0 Å². The van der Waals surface area contributed by atoms with Gasteiger partial charge in [-0.2, -0.15) is 0 Å². The molecule has 2 rings (SSSR count). The molecule has 5 heteroatoms. The van der Waals surface area contributed by atoms with Crippen LogP contribution in [0.2, 0.25) is 0 Å². The van der Waals surface area contributed by atoms with Crippen molar-refractivity contribution in [3.05, 3.63) is 24.3 Å². The Labute approximate surface area is 107 Å². The largest absolute Gasteiger partial charge is 0.448 e. The second-order valence-corrected chi connectivity index (χ2v) is 4.60. The van der Waals surface area contributed by atoms with Crippen molar-refractivity contribution in [3.63, 3.8) is 0 Å². The van der Waals surface area contributed by atoms with Gasteiger partial charge in [0.15, 0.2) is 0 Å². The number of nitrogens with two attached hydrogens (primary N) is 1. The number of anilines is 2. The van der Waals surface area contributed by atoms with Crippen LogP contribution in [0.3, 0.4) is 0 Å². The van der Waals surface area contributed by atoms with Crippen molar-refractivity contribution >= 4 is 17.5 Å². The molecule has 1 amide bonds. The van der Waals surface area contributed by atoms with Crippen LogP contribution < -0.4 is 11.1 Å². The number of likely N-dealkylation sites (N-methyl/N-ethyl adjacent to an activating group) is 1. The molecule has 0 atom stereocenters. The highest BCUT2D eigenvalue weighted by Crippen LogP contribution is 2.24. The van der Waals surface area contributed by atoms with Crippen molar-refractivity contribution in [3.8, 4) is 0 Å². The van der Waals surface area contributed by atoms with Crippen LogP contribution >= 0.6 is 0 Å². The van der Waals surface area contributed by atoms with E-state index in [1.165, 1.54) is 12.8 Å². The van der Waals surface area contributed by atoms with Crippen molar-refractivity contribution in [1.82, 2.24) is 4.90 Å². The number of hydrogen-bond donors (Lipinski definition) is 2. The van der Waals surface area contributed by atoms with E-state index < -0.39 is 6.09 Å². The van der Waals surface area contributed by atoms with E-state index in [2.05, 4.69) is 17.3 Å². The summed E-state index contributed by atoms with van der Waals surface area (Å²) in [4.78, 5) is 13.7. The third-order valence-electron chi connectivity index (χ3n) is 2.98. The maximum Gasteiger partial charge on any atom is 0.411 e. The molecule has 0 heterocycles. The number of nitrogens with zero attached hydrogens (tertiary/aromatic N) is 1. The Bertz CT molecular complexity index is 418. The minimum Gasteiger partial charge on any atom is -0.448 e. The number of carbonyl (C=O) groups excluding carboxylic acids is 1. The molecule has 0 spiro atoms. The zero-order valence-corrected chi connectivity index (χ0v) is 10.6. The molecule has 0 aromatic heterocycles. The van der Waals surface area contributed by atoms with E-state index in [9.17, 15) is 4.79 Å². The molecule has 1 aliphatic carbocycles. The summed E-state index contributed by atoms with van der Waals surface area (Å²) in [6.07, 6.45) is 2.07. The highest BCUT2D eigenvalue weighted by molar-refractivity contribution is 5.85. The Morgan fingerprint density at radius 1 is 1.56 bits per heavy atom. The summed E-state index contributed by atoms with van der Waals surface area (Å²) >= 11 is 0. The lowest BCUT2D eigenvalue weighted by Gasteiger charge is -2.15. The van der Waals surface area contributed by atoms with Gasteiger partial charge in [-0.1, -0.05) is 6.07 Å². The van der Waals surface area contributed by atoms with Crippen LogP contribution in [0.15, 0.2) is 24.3 Å². The summed E-state index contributed by atoms with van der Waals surface area (Å²) in [5.74, 6) is 0. The Kier molecular flexibility index (Phi) is 4.04. The van der Waals surface area contributed by atoms with Gasteiger partial charge in [-0.25, -0.2) is 4.79 Å². The third-order valence-corrected chi connectivity index (χ3v) is 2.98. The highest BCUT2D eigenvalue weighted by atomic mass is 16.5. The maximum absolute atomic E-state index is 11.5. The van der Waals surface area contributed by atoms with Crippen LogP contribution in [0.5, 0.6) is 0 Å². The van der Waals surface area contributed by atoms with E-state index in [-0.39, 0.29) is 0 Å². The van der Waals surface area contributed by atoms with Gasteiger partial charge in [0.2, 0.25) is 0 Å². The fourth-order valence-corrected chi connectivity index (χ4v) is 1.75. The lowest BCUT2D eigenvalue weighted by Crippen LogP contribution is -2.27. The van der Waals surface area contributed by atoms with E-state index in [0.717, 1.165) is 6.54 Å². The number of nitrogens with one attached hydrogen (secondary N) is 1. The Morgan fingerprint density at radius 2 is 2.33 bits per heavy atom. The maximum atomic E-state index is 11.5. The van der Waals surface area contributed by atoms with E-state index in [4.69, 9.17) is 10.5 Å². The molecule has 0 aliphatic heterocycles. The van der Waals surface area contributed by atoms with Gasteiger partial charge in [-0.3, -0.25) is 5.32 Å². The van der Waals surface area contributed by atoms with Crippen molar-refractivity contribution in [2.45, 2.75) is 18.9 Å². The molecular weight excluding hydrogens is 230 g/mol. The SMILES string of the molecule is CN(CCOC(=O)Nc1cccc(N)c1)C1CC1. The summed E-state index contributed by atoms with van der Waals surface area (Å²) in [6, 6.07) is 7.70. The molecule has 98 valence electrons. The average Bonchev–Trinajstić information content (AvgIpc) is 3.12. The van der Waals surface area contributed by atoms with Gasteiger partial charge in [0.1, 0.15) is 6.61 Å². The Balaban J connectivity index is 1.68. The molecule has 1 aliphatic rings. The highest BCUT2D eigenvalue weighted by Gasteiger charge is 2.25. The molecule has 1 fully saturated rings. The number of hydrogen-bond acceptors (Lipinski definition) is 4. The normalized spacial score (nSPS) is 14.6. The van der Waals surface area contributed by atoms with Crippen molar-refractivity contribution in [1.29, 1.82) is 0 Å². The standard InChI is InChI=1S/C13H19N3O2/c1-16(12-5-6-12)7-8-18-13(17)15-11-4-2-3-10(14)9-11/h2-4,9,12H,5-8,14H2,1H3,(H,15,17). The first kappa shape index (κ1) is 12.7. The summed E-state index contributed by atoms with van der Waals surface area (Å²) < 4.78 is 5.10. The Hall–Kier alpha value is -1.75. The van der Waals surface area contributed by atoms with Gasteiger partial charge >= 0.3 is 6.09 Å². The summed E-state index contributed by atoms with van der Waals surface area (Å²) in [5.41, 5.74) is 6.88. The van der Waals surface area contributed by atoms with Crippen LogP contribution in [0.4, 0.5) is 16.2 Å². The van der Waals surface area contributed by atoms with Crippen LogP contribution in [-0.4, -0.2) is 37.2 Å². The lowest BCUT2D eigenvalue weighted by molar-refractivity contribution is 0.145. The third kappa shape index (κ3) is 3.92.